The SMILES string of the molecule is CCCCCCCCCCCC(CC(=O)N[C@H]1C(O)O[C@H](CO)[C@@H](OS(=O)(=O)O)[C@@H]1OC(=O)CCCCC)OC(=O)CCCCC. The van der Waals surface area contributed by atoms with Gasteiger partial charge in [0.25, 0.3) is 0 Å². The van der Waals surface area contributed by atoms with Crippen LogP contribution in [0.3, 0.4) is 0 Å². The number of carbonyl (C=O) groups is 3. The van der Waals surface area contributed by atoms with Gasteiger partial charge >= 0.3 is 22.3 Å². The quantitative estimate of drug-likeness (QED) is 0.0561. The van der Waals surface area contributed by atoms with Crippen molar-refractivity contribution in [1.29, 1.82) is 0 Å². The molecule has 0 bridgehead atoms. The third-order valence-corrected chi connectivity index (χ3v) is 8.45. The van der Waals surface area contributed by atoms with E-state index in [9.17, 15) is 37.6 Å². The highest BCUT2D eigenvalue weighted by Crippen LogP contribution is 2.27. The fourth-order valence-electron chi connectivity index (χ4n) is 5.45. The molecule has 1 rings (SSSR count). The molecule has 0 radical (unpaired) electrons. The van der Waals surface area contributed by atoms with Gasteiger partial charge in [0.15, 0.2) is 12.4 Å². The molecule has 0 aliphatic carbocycles. The molecule has 0 aromatic heterocycles. The molecule has 46 heavy (non-hydrogen) atoms. The summed E-state index contributed by atoms with van der Waals surface area (Å²) >= 11 is 0. The standard InChI is InChI=1S/C32H59NO12S/c1-4-7-10-11-12-13-14-15-18-19-24(42-27(36)20-16-8-5-2)22-26(35)33-29-31(44-28(37)21-17-9-6-3)30(45-46(39,40)41)25(23-34)43-32(29)38/h24-25,29-32,34,38H,4-23H2,1-3H3,(H,33,35)(H,39,40,41)/t24?,25-,29-,30-,31-,32?/m1/s1. The Kier molecular flexibility index (Phi) is 22.3. The molecule has 14 heteroatoms. The molecule has 1 aliphatic rings. The van der Waals surface area contributed by atoms with Crippen LogP contribution in [0.5, 0.6) is 0 Å². The molecule has 13 nitrogen and oxygen atoms in total. The lowest BCUT2D eigenvalue weighted by molar-refractivity contribution is -0.254. The Labute approximate surface area is 275 Å². The molecule has 2 unspecified atom stereocenters. The lowest BCUT2D eigenvalue weighted by Gasteiger charge is -2.43. The summed E-state index contributed by atoms with van der Waals surface area (Å²) < 4.78 is 53.8. The van der Waals surface area contributed by atoms with Gasteiger partial charge in [-0.2, -0.15) is 8.42 Å². The van der Waals surface area contributed by atoms with E-state index in [-0.39, 0.29) is 19.3 Å². The second kappa shape index (κ2) is 24.3. The average molecular weight is 682 g/mol. The maximum Gasteiger partial charge on any atom is 0.397 e. The summed E-state index contributed by atoms with van der Waals surface area (Å²) in [4.78, 5) is 38.5. The van der Waals surface area contributed by atoms with E-state index in [0.29, 0.717) is 19.3 Å². The van der Waals surface area contributed by atoms with Gasteiger partial charge in [-0.05, 0) is 25.7 Å². The predicted octanol–water partition coefficient (Wildman–Crippen LogP) is 4.66. The fraction of sp³-hybridized carbons (Fsp3) is 0.906. The number of hydrogen-bond acceptors (Lipinski definition) is 11. The Hall–Kier alpha value is -1.84. The van der Waals surface area contributed by atoms with Crippen LogP contribution in [0, 0.1) is 0 Å². The normalized spacial score (nSPS) is 22.3. The Morgan fingerprint density at radius 3 is 1.85 bits per heavy atom. The number of rotatable bonds is 26. The number of nitrogens with one attached hydrogen (secondary N) is 1. The number of esters is 2. The van der Waals surface area contributed by atoms with Crippen LogP contribution >= 0.6 is 0 Å². The van der Waals surface area contributed by atoms with Crippen LogP contribution in [0.15, 0.2) is 0 Å². The second-order valence-electron chi connectivity index (χ2n) is 12.1. The number of aliphatic hydroxyl groups is 2. The van der Waals surface area contributed by atoms with Gasteiger partial charge in [-0.25, -0.2) is 4.18 Å². The van der Waals surface area contributed by atoms with Crippen LogP contribution in [-0.2, 0) is 43.2 Å². The summed E-state index contributed by atoms with van der Waals surface area (Å²) in [6.07, 6.45) is 7.28. The van der Waals surface area contributed by atoms with E-state index in [1.165, 1.54) is 32.1 Å². The van der Waals surface area contributed by atoms with Crippen molar-refractivity contribution in [1.82, 2.24) is 5.32 Å². The largest absolute Gasteiger partial charge is 0.462 e. The fourth-order valence-corrected chi connectivity index (χ4v) is 5.96. The zero-order valence-corrected chi connectivity index (χ0v) is 28.8. The lowest BCUT2D eigenvalue weighted by Crippen LogP contribution is -2.66. The van der Waals surface area contributed by atoms with E-state index < -0.39 is 71.6 Å². The molecule has 1 saturated heterocycles. The van der Waals surface area contributed by atoms with Gasteiger partial charge in [0, 0.05) is 12.8 Å². The first-order valence-corrected chi connectivity index (χ1v) is 18.6. The van der Waals surface area contributed by atoms with E-state index >= 15 is 0 Å². The molecule has 1 amide bonds. The number of unbranched alkanes of at least 4 members (excludes halogenated alkanes) is 12. The van der Waals surface area contributed by atoms with E-state index in [0.717, 1.165) is 51.4 Å². The Balaban J connectivity index is 3.00. The number of amides is 1. The minimum atomic E-state index is -5.13. The third kappa shape index (κ3) is 18.5. The maximum absolute atomic E-state index is 13.3. The summed E-state index contributed by atoms with van der Waals surface area (Å²) in [7, 11) is -5.13. The monoisotopic (exact) mass is 681 g/mol. The summed E-state index contributed by atoms with van der Waals surface area (Å²) in [5.74, 6) is -1.83. The molecule has 0 saturated carbocycles. The van der Waals surface area contributed by atoms with Gasteiger partial charge in [0.1, 0.15) is 24.4 Å². The van der Waals surface area contributed by atoms with Crippen molar-refractivity contribution in [2.45, 2.75) is 180 Å². The molecule has 0 spiro atoms. The van der Waals surface area contributed by atoms with Crippen LogP contribution in [-0.4, -0.2) is 84.4 Å². The minimum absolute atomic E-state index is 0.0286. The van der Waals surface area contributed by atoms with Crippen LogP contribution in [0.2, 0.25) is 0 Å². The molecule has 6 atom stereocenters. The van der Waals surface area contributed by atoms with Crippen molar-refractivity contribution >= 4 is 28.2 Å². The molecule has 1 fully saturated rings. The Morgan fingerprint density at radius 1 is 0.783 bits per heavy atom. The predicted molar refractivity (Wildman–Crippen MR) is 171 cm³/mol. The molecule has 1 heterocycles. The smallest absolute Gasteiger partial charge is 0.397 e. The molecule has 0 aromatic rings. The summed E-state index contributed by atoms with van der Waals surface area (Å²) in [5.41, 5.74) is 0. The number of aliphatic hydroxyl groups excluding tert-OH is 2. The van der Waals surface area contributed by atoms with Crippen LogP contribution < -0.4 is 5.32 Å². The zero-order valence-electron chi connectivity index (χ0n) is 28.0. The van der Waals surface area contributed by atoms with Gasteiger partial charge < -0.3 is 29.7 Å². The van der Waals surface area contributed by atoms with Crippen LogP contribution in [0.4, 0.5) is 0 Å². The number of ether oxygens (including phenoxy) is 3. The first-order chi connectivity index (χ1) is 21.9. The highest BCUT2D eigenvalue weighted by atomic mass is 32.3. The molecule has 0 aromatic carbocycles. The average Bonchev–Trinajstić information content (AvgIpc) is 2.98. The first kappa shape index (κ1) is 42.2. The molecule has 1 aliphatic heterocycles. The summed E-state index contributed by atoms with van der Waals surface area (Å²) in [6.45, 7) is 5.30. The highest BCUT2D eigenvalue weighted by molar-refractivity contribution is 7.80. The topological polar surface area (TPSA) is 195 Å². The Bertz CT molecular complexity index is 963. The lowest BCUT2D eigenvalue weighted by atomic mass is 9.96. The molecule has 4 N–H and O–H groups in total. The van der Waals surface area contributed by atoms with Crippen molar-refractivity contribution in [2.24, 2.45) is 0 Å². The first-order valence-electron chi connectivity index (χ1n) is 17.2. The van der Waals surface area contributed by atoms with Crippen LogP contribution in [0.1, 0.15) is 143 Å². The van der Waals surface area contributed by atoms with Gasteiger partial charge in [0.05, 0.1) is 13.0 Å². The van der Waals surface area contributed by atoms with Crippen molar-refractivity contribution < 1.29 is 56.0 Å². The van der Waals surface area contributed by atoms with Crippen LogP contribution in [0.25, 0.3) is 0 Å². The van der Waals surface area contributed by atoms with Crippen molar-refractivity contribution in [2.75, 3.05) is 6.61 Å². The van der Waals surface area contributed by atoms with Gasteiger partial charge in [-0.15, -0.1) is 0 Å². The van der Waals surface area contributed by atoms with E-state index in [2.05, 4.69) is 12.2 Å². The molecular weight excluding hydrogens is 622 g/mol. The van der Waals surface area contributed by atoms with Crippen molar-refractivity contribution in [3.05, 3.63) is 0 Å². The maximum atomic E-state index is 13.3. The minimum Gasteiger partial charge on any atom is -0.462 e. The number of hydrogen-bond donors (Lipinski definition) is 4. The van der Waals surface area contributed by atoms with E-state index in [1.54, 1.807) is 0 Å². The second-order valence-corrected chi connectivity index (χ2v) is 13.2. The highest BCUT2D eigenvalue weighted by Gasteiger charge is 2.50. The van der Waals surface area contributed by atoms with Gasteiger partial charge in [-0.1, -0.05) is 97.8 Å². The van der Waals surface area contributed by atoms with E-state index in [1.807, 2.05) is 13.8 Å². The van der Waals surface area contributed by atoms with Gasteiger partial charge in [-0.3, -0.25) is 18.9 Å². The molecule has 270 valence electrons. The molecular formula is C32H59NO12S. The third-order valence-electron chi connectivity index (χ3n) is 7.98. The summed E-state index contributed by atoms with van der Waals surface area (Å²) in [6, 6.07) is -1.52. The Morgan fingerprint density at radius 2 is 1.30 bits per heavy atom. The van der Waals surface area contributed by atoms with E-state index in [4.69, 9.17) is 18.4 Å². The van der Waals surface area contributed by atoms with Crippen molar-refractivity contribution in [3.8, 4) is 0 Å². The van der Waals surface area contributed by atoms with Gasteiger partial charge in [0.2, 0.25) is 5.91 Å². The summed E-state index contributed by atoms with van der Waals surface area (Å²) in [5, 5.41) is 23.0. The zero-order chi connectivity index (χ0) is 34.4. The van der Waals surface area contributed by atoms with Crippen molar-refractivity contribution in [3.63, 3.8) is 0 Å². The number of carbonyl (C=O) groups excluding carboxylic acids is 3.